The van der Waals surface area contributed by atoms with E-state index in [4.69, 9.17) is 9.47 Å². The number of hydrogen-bond acceptors (Lipinski definition) is 9. The molecule has 1 aliphatic rings. The molecule has 5 rings (SSSR count). The zero-order chi connectivity index (χ0) is 30.0. The number of carbonyl (C=O) groups excluding carboxylic acids is 3. The van der Waals surface area contributed by atoms with Gasteiger partial charge in [0.15, 0.2) is 5.13 Å². The summed E-state index contributed by atoms with van der Waals surface area (Å²) in [7, 11) is 0. The summed E-state index contributed by atoms with van der Waals surface area (Å²) in [4.78, 5) is 45.1. The van der Waals surface area contributed by atoms with Crippen LogP contribution in [0.25, 0.3) is 5.76 Å². The minimum Gasteiger partial charge on any atom is -0.508 e. The molecule has 0 saturated carbocycles. The maximum atomic E-state index is 13.4. The molecule has 42 heavy (non-hydrogen) atoms. The zero-order valence-electron chi connectivity index (χ0n) is 23.2. The molecule has 9 nitrogen and oxygen atoms in total. The van der Waals surface area contributed by atoms with Crippen molar-refractivity contribution in [1.82, 2.24) is 4.98 Å². The number of rotatable bonds is 8. The van der Waals surface area contributed by atoms with E-state index in [2.05, 4.69) is 4.98 Å². The predicted octanol–water partition coefficient (Wildman–Crippen LogP) is 5.85. The van der Waals surface area contributed by atoms with Gasteiger partial charge in [-0.1, -0.05) is 47.7 Å². The number of anilines is 1. The van der Waals surface area contributed by atoms with Crippen LogP contribution < -0.4 is 9.64 Å². The van der Waals surface area contributed by atoms with E-state index in [-0.39, 0.29) is 27.9 Å². The van der Waals surface area contributed by atoms with Gasteiger partial charge in [0.05, 0.1) is 23.9 Å². The Balaban J connectivity index is 1.53. The number of phenols is 1. The highest BCUT2D eigenvalue weighted by Gasteiger charge is 2.48. The number of aromatic hydroxyl groups is 1. The Morgan fingerprint density at radius 2 is 1.76 bits per heavy atom. The lowest BCUT2D eigenvalue weighted by Crippen LogP contribution is -2.29. The molecule has 4 aromatic rings. The van der Waals surface area contributed by atoms with Crippen LogP contribution in [0.1, 0.15) is 50.6 Å². The summed E-state index contributed by atoms with van der Waals surface area (Å²) in [5.74, 6) is -2.36. The first-order chi connectivity index (χ1) is 20.2. The standard InChI is InChI=1S/C32H28N2O7S/c1-4-40-31(39)29-19(3)33-32(42-29)34-26(21-10-7-11-23(35)16-21)25(28(37)30(34)38)27(36)20-12-14-24(15-13-20)41-17-22-9-6-5-8-18(22)2/h5-16,26,35-36H,4,17H2,1-3H3. The van der Waals surface area contributed by atoms with Crippen molar-refractivity contribution < 1.29 is 34.1 Å². The van der Waals surface area contributed by atoms with Crippen molar-refractivity contribution in [3.8, 4) is 11.5 Å². The van der Waals surface area contributed by atoms with Crippen LogP contribution in [-0.2, 0) is 20.9 Å². The quantitative estimate of drug-likeness (QED) is 0.114. The van der Waals surface area contributed by atoms with E-state index < -0.39 is 29.5 Å². The average molecular weight is 585 g/mol. The Kier molecular flexibility index (Phi) is 8.08. The monoisotopic (exact) mass is 584 g/mol. The van der Waals surface area contributed by atoms with E-state index >= 15 is 0 Å². The molecule has 1 atom stereocenters. The van der Waals surface area contributed by atoms with Crippen LogP contribution in [0.15, 0.2) is 78.4 Å². The van der Waals surface area contributed by atoms with E-state index in [0.29, 0.717) is 29.2 Å². The molecule has 1 saturated heterocycles. The number of carbonyl (C=O) groups is 3. The Hall–Kier alpha value is -4.96. The smallest absolute Gasteiger partial charge is 0.350 e. The van der Waals surface area contributed by atoms with Gasteiger partial charge in [0, 0.05) is 5.56 Å². The van der Waals surface area contributed by atoms with Gasteiger partial charge in [0.2, 0.25) is 0 Å². The maximum Gasteiger partial charge on any atom is 0.350 e. The maximum absolute atomic E-state index is 13.4. The number of thiazole rings is 1. The summed E-state index contributed by atoms with van der Waals surface area (Å²) in [5, 5.41) is 21.7. The largest absolute Gasteiger partial charge is 0.508 e. The van der Waals surface area contributed by atoms with E-state index in [0.717, 1.165) is 27.4 Å². The molecule has 10 heteroatoms. The van der Waals surface area contributed by atoms with Gasteiger partial charge in [-0.2, -0.15) is 0 Å². The second-order valence-electron chi connectivity index (χ2n) is 9.64. The third-order valence-corrected chi connectivity index (χ3v) is 8.00. The molecule has 1 amide bonds. The molecule has 2 N–H and O–H groups in total. The minimum atomic E-state index is -1.12. The number of ketones is 1. The first kappa shape index (κ1) is 28.6. The van der Waals surface area contributed by atoms with Gasteiger partial charge in [0.25, 0.3) is 5.78 Å². The SMILES string of the molecule is CCOC(=O)c1sc(N2C(=O)C(=O)C(=C(O)c3ccc(OCc4ccccc4C)cc3)C2c2cccc(O)c2)nc1C. The third kappa shape index (κ3) is 5.48. The number of benzene rings is 3. The molecule has 214 valence electrons. The van der Waals surface area contributed by atoms with Crippen molar-refractivity contribution >= 4 is 39.9 Å². The number of aliphatic hydroxyl groups excluding tert-OH is 1. The predicted molar refractivity (Wildman–Crippen MR) is 158 cm³/mol. The lowest BCUT2D eigenvalue weighted by atomic mass is 9.95. The molecule has 1 aromatic heterocycles. The van der Waals surface area contributed by atoms with Gasteiger partial charge in [-0.25, -0.2) is 9.78 Å². The van der Waals surface area contributed by atoms with E-state index in [9.17, 15) is 24.6 Å². The zero-order valence-corrected chi connectivity index (χ0v) is 24.0. The van der Waals surface area contributed by atoms with Gasteiger partial charge in [-0.15, -0.1) is 0 Å². The molecule has 2 heterocycles. The Morgan fingerprint density at radius 3 is 2.45 bits per heavy atom. The Bertz CT molecular complexity index is 1710. The lowest BCUT2D eigenvalue weighted by molar-refractivity contribution is -0.132. The number of hydrogen-bond donors (Lipinski definition) is 2. The summed E-state index contributed by atoms with van der Waals surface area (Å²) in [5.41, 5.74) is 2.98. The van der Waals surface area contributed by atoms with Crippen LogP contribution in [0, 0.1) is 13.8 Å². The van der Waals surface area contributed by atoms with Gasteiger partial charge >= 0.3 is 11.9 Å². The number of Topliss-reactive ketones (excluding diaryl/α,β-unsaturated/α-hetero) is 1. The fourth-order valence-corrected chi connectivity index (χ4v) is 5.70. The van der Waals surface area contributed by atoms with E-state index in [1.54, 1.807) is 50.2 Å². The third-order valence-electron chi connectivity index (χ3n) is 6.87. The number of phenolic OH excluding ortho intramolecular Hbond substituents is 1. The molecule has 0 bridgehead atoms. The topological polar surface area (TPSA) is 126 Å². The van der Waals surface area contributed by atoms with Crippen molar-refractivity contribution in [2.75, 3.05) is 11.5 Å². The van der Waals surface area contributed by atoms with Crippen molar-refractivity contribution in [2.45, 2.75) is 33.4 Å². The number of aryl methyl sites for hydroxylation is 2. The molecule has 1 aliphatic heterocycles. The molecule has 0 aliphatic carbocycles. The Labute approximate surface area is 246 Å². The molecular formula is C32H28N2O7S. The summed E-state index contributed by atoms with van der Waals surface area (Å²) < 4.78 is 11.0. The summed E-state index contributed by atoms with van der Waals surface area (Å²) in [6.45, 7) is 5.81. The number of amides is 1. The first-order valence-electron chi connectivity index (χ1n) is 13.2. The minimum absolute atomic E-state index is 0.0872. The van der Waals surface area contributed by atoms with Crippen molar-refractivity contribution in [1.29, 1.82) is 0 Å². The summed E-state index contributed by atoms with van der Waals surface area (Å²) in [6, 6.07) is 19.4. The molecule has 0 radical (unpaired) electrons. The van der Waals surface area contributed by atoms with Gasteiger partial charge < -0.3 is 19.7 Å². The lowest BCUT2D eigenvalue weighted by Gasteiger charge is -2.23. The highest BCUT2D eigenvalue weighted by molar-refractivity contribution is 7.17. The van der Waals surface area contributed by atoms with Crippen molar-refractivity contribution in [2.24, 2.45) is 0 Å². The summed E-state index contributed by atoms with van der Waals surface area (Å²) in [6.07, 6.45) is 0. The second kappa shape index (κ2) is 11.9. The fourth-order valence-electron chi connectivity index (χ4n) is 4.71. The normalized spacial score (nSPS) is 16.1. The number of ether oxygens (including phenoxy) is 2. The summed E-state index contributed by atoms with van der Waals surface area (Å²) >= 11 is 0.913. The fraction of sp³-hybridized carbons (Fsp3) is 0.188. The van der Waals surface area contributed by atoms with Crippen LogP contribution in [0.4, 0.5) is 5.13 Å². The van der Waals surface area contributed by atoms with E-state index in [1.165, 1.54) is 12.1 Å². The van der Waals surface area contributed by atoms with Crippen molar-refractivity contribution in [3.05, 3.63) is 111 Å². The molecule has 3 aromatic carbocycles. The van der Waals surface area contributed by atoms with Crippen molar-refractivity contribution in [3.63, 3.8) is 0 Å². The van der Waals surface area contributed by atoms with Gasteiger partial charge in [-0.05, 0) is 73.9 Å². The second-order valence-corrected chi connectivity index (χ2v) is 10.6. The Morgan fingerprint density at radius 1 is 1.02 bits per heavy atom. The molecular weight excluding hydrogens is 556 g/mol. The average Bonchev–Trinajstić information content (AvgIpc) is 3.49. The molecule has 1 unspecified atom stereocenters. The van der Waals surface area contributed by atoms with Gasteiger partial charge in [-0.3, -0.25) is 14.5 Å². The van der Waals surface area contributed by atoms with Crippen LogP contribution >= 0.6 is 11.3 Å². The first-order valence-corrected chi connectivity index (χ1v) is 14.0. The van der Waals surface area contributed by atoms with Gasteiger partial charge in [0.1, 0.15) is 28.7 Å². The van der Waals surface area contributed by atoms with Crippen LogP contribution in [-0.4, -0.2) is 39.5 Å². The number of nitrogens with zero attached hydrogens (tertiary/aromatic N) is 2. The van der Waals surface area contributed by atoms with Crippen LogP contribution in [0.5, 0.6) is 11.5 Å². The van der Waals surface area contributed by atoms with Crippen LogP contribution in [0.3, 0.4) is 0 Å². The molecule has 1 fully saturated rings. The van der Waals surface area contributed by atoms with E-state index in [1.807, 2.05) is 31.2 Å². The number of aromatic nitrogens is 1. The number of aliphatic hydroxyl groups is 1. The molecule has 0 spiro atoms. The highest BCUT2D eigenvalue weighted by Crippen LogP contribution is 2.44. The highest BCUT2D eigenvalue weighted by atomic mass is 32.1. The van der Waals surface area contributed by atoms with Crippen LogP contribution in [0.2, 0.25) is 0 Å². The number of esters is 1.